The summed E-state index contributed by atoms with van der Waals surface area (Å²) < 4.78 is 26.7. The lowest BCUT2D eigenvalue weighted by molar-refractivity contribution is -0.0535. The van der Waals surface area contributed by atoms with Gasteiger partial charge in [-0.1, -0.05) is 13.8 Å². The van der Waals surface area contributed by atoms with Crippen molar-refractivity contribution in [3.05, 3.63) is 0 Å². The van der Waals surface area contributed by atoms with Crippen LogP contribution >= 0.6 is 0 Å². The van der Waals surface area contributed by atoms with E-state index < -0.39 is 10.0 Å². The molecule has 2 aliphatic heterocycles. The first kappa shape index (κ1) is 18.2. The quantitative estimate of drug-likeness (QED) is 0.782. The fourth-order valence-electron chi connectivity index (χ4n) is 3.97. The lowest BCUT2D eigenvalue weighted by Crippen LogP contribution is -2.70. The third-order valence-electron chi connectivity index (χ3n) is 4.88. The summed E-state index contributed by atoms with van der Waals surface area (Å²) in [6.45, 7) is 17.9. The van der Waals surface area contributed by atoms with Gasteiger partial charge in [0.05, 0.1) is 5.25 Å². The second-order valence-electron chi connectivity index (χ2n) is 8.20. The highest BCUT2D eigenvalue weighted by atomic mass is 32.2. The van der Waals surface area contributed by atoms with Crippen molar-refractivity contribution in [3.63, 3.8) is 0 Å². The highest BCUT2D eigenvalue weighted by Gasteiger charge is 2.44. The first-order valence-electron chi connectivity index (χ1n) is 8.52. The van der Waals surface area contributed by atoms with Crippen LogP contribution < -0.4 is 0 Å². The fraction of sp³-hybridized carbons (Fsp3) is 1.00. The Balaban J connectivity index is 2.14. The summed E-state index contributed by atoms with van der Waals surface area (Å²) in [4.78, 5) is 5.04. The minimum Gasteiger partial charge on any atom is -0.300 e. The van der Waals surface area contributed by atoms with Gasteiger partial charge in [-0.05, 0) is 33.6 Å². The van der Waals surface area contributed by atoms with Crippen LogP contribution in [-0.4, -0.2) is 78.6 Å². The minimum atomic E-state index is -3.14. The second-order valence-corrected chi connectivity index (χ2v) is 10.7. The van der Waals surface area contributed by atoms with Crippen molar-refractivity contribution in [2.75, 3.05) is 39.3 Å². The molecule has 2 saturated heterocycles. The topological polar surface area (TPSA) is 43.9 Å². The molecule has 0 aromatic heterocycles. The zero-order chi connectivity index (χ0) is 16.7. The summed E-state index contributed by atoms with van der Waals surface area (Å²) in [7, 11) is -3.14. The molecule has 0 saturated carbocycles. The van der Waals surface area contributed by atoms with Gasteiger partial charge in [-0.3, -0.25) is 9.80 Å². The van der Waals surface area contributed by atoms with Gasteiger partial charge in [0.15, 0.2) is 0 Å². The van der Waals surface area contributed by atoms with Crippen LogP contribution in [0.15, 0.2) is 0 Å². The van der Waals surface area contributed by atoms with E-state index in [2.05, 4.69) is 37.5 Å². The molecule has 0 radical (unpaired) electrons. The van der Waals surface area contributed by atoms with Gasteiger partial charge in [0.1, 0.15) is 0 Å². The molecule has 0 bridgehead atoms. The maximum Gasteiger partial charge on any atom is 0.216 e. The molecule has 2 aliphatic rings. The number of nitrogens with zero attached hydrogens (tertiary/aromatic N) is 3. The van der Waals surface area contributed by atoms with Gasteiger partial charge in [-0.15, -0.1) is 0 Å². The summed E-state index contributed by atoms with van der Waals surface area (Å²) in [5.41, 5.74) is 0.117. The van der Waals surface area contributed by atoms with E-state index in [0.717, 1.165) is 26.2 Å². The summed E-state index contributed by atoms with van der Waals surface area (Å²) in [6.07, 6.45) is 0. The van der Waals surface area contributed by atoms with Crippen molar-refractivity contribution in [1.82, 2.24) is 14.1 Å². The average Bonchev–Trinajstić information content (AvgIpc) is 2.36. The first-order chi connectivity index (χ1) is 10.0. The monoisotopic (exact) mass is 331 g/mol. The number of piperazine rings is 2. The van der Waals surface area contributed by atoms with E-state index in [1.807, 2.05) is 0 Å². The SMILES string of the molecule is CC(C)CN1C[C@@H]2CN(S(=O)(=O)C(C)C)CCN2C(C)(C)C1. The Bertz CT molecular complexity index is 488. The number of hydrogen-bond acceptors (Lipinski definition) is 4. The number of rotatable bonds is 4. The average molecular weight is 332 g/mol. The summed E-state index contributed by atoms with van der Waals surface area (Å²) in [5.74, 6) is 0.640. The second kappa shape index (κ2) is 6.38. The molecule has 2 fully saturated rings. The largest absolute Gasteiger partial charge is 0.300 e. The summed E-state index contributed by atoms with van der Waals surface area (Å²) in [5, 5.41) is -0.331. The molecule has 1 atom stereocenters. The molecular formula is C16H33N3O2S. The molecule has 0 amide bonds. The van der Waals surface area contributed by atoms with Crippen molar-refractivity contribution in [3.8, 4) is 0 Å². The Morgan fingerprint density at radius 3 is 2.27 bits per heavy atom. The van der Waals surface area contributed by atoms with Crippen molar-refractivity contribution in [2.24, 2.45) is 5.92 Å². The van der Waals surface area contributed by atoms with Crippen LogP contribution in [0, 0.1) is 5.92 Å². The zero-order valence-electron chi connectivity index (χ0n) is 15.0. The first-order valence-corrected chi connectivity index (χ1v) is 10.0. The molecule has 130 valence electrons. The van der Waals surface area contributed by atoms with Crippen LogP contribution in [0.5, 0.6) is 0 Å². The van der Waals surface area contributed by atoms with Crippen LogP contribution in [0.3, 0.4) is 0 Å². The summed E-state index contributed by atoms with van der Waals surface area (Å²) in [6, 6.07) is 0.310. The van der Waals surface area contributed by atoms with Gasteiger partial charge in [0.25, 0.3) is 0 Å². The van der Waals surface area contributed by atoms with Crippen LogP contribution in [0.2, 0.25) is 0 Å². The van der Waals surface area contributed by atoms with Gasteiger partial charge in [0, 0.05) is 50.8 Å². The van der Waals surface area contributed by atoms with Crippen molar-refractivity contribution in [1.29, 1.82) is 0 Å². The lowest BCUT2D eigenvalue weighted by atomic mass is 9.92. The Morgan fingerprint density at radius 2 is 1.73 bits per heavy atom. The Hall–Kier alpha value is -0.170. The summed E-state index contributed by atoms with van der Waals surface area (Å²) >= 11 is 0. The maximum absolute atomic E-state index is 12.5. The number of hydrogen-bond donors (Lipinski definition) is 0. The van der Waals surface area contributed by atoms with E-state index in [1.165, 1.54) is 0 Å². The molecule has 2 heterocycles. The molecule has 22 heavy (non-hydrogen) atoms. The highest BCUT2D eigenvalue weighted by molar-refractivity contribution is 7.89. The lowest BCUT2D eigenvalue weighted by Gasteiger charge is -2.55. The van der Waals surface area contributed by atoms with E-state index in [9.17, 15) is 8.42 Å². The Kier molecular flexibility index (Phi) is 5.27. The number of sulfonamides is 1. The molecule has 6 heteroatoms. The predicted molar refractivity (Wildman–Crippen MR) is 91.5 cm³/mol. The van der Waals surface area contributed by atoms with Crippen molar-refractivity contribution >= 4 is 10.0 Å². The Labute approximate surface area is 136 Å². The van der Waals surface area contributed by atoms with Crippen LogP contribution in [-0.2, 0) is 10.0 Å². The van der Waals surface area contributed by atoms with Crippen molar-refractivity contribution in [2.45, 2.75) is 58.4 Å². The fourth-order valence-corrected chi connectivity index (χ4v) is 5.28. The van der Waals surface area contributed by atoms with E-state index in [0.29, 0.717) is 25.0 Å². The van der Waals surface area contributed by atoms with Crippen LogP contribution in [0.4, 0.5) is 0 Å². The van der Waals surface area contributed by atoms with Gasteiger partial charge in [-0.2, -0.15) is 4.31 Å². The third-order valence-corrected chi connectivity index (χ3v) is 7.12. The zero-order valence-corrected chi connectivity index (χ0v) is 15.9. The van der Waals surface area contributed by atoms with Gasteiger partial charge in [0.2, 0.25) is 10.0 Å². The van der Waals surface area contributed by atoms with E-state index in [-0.39, 0.29) is 10.8 Å². The third kappa shape index (κ3) is 3.66. The molecule has 0 aromatic rings. The predicted octanol–water partition coefficient (Wildman–Crippen LogP) is 1.46. The van der Waals surface area contributed by atoms with E-state index in [4.69, 9.17) is 0 Å². The molecule has 0 unspecified atom stereocenters. The van der Waals surface area contributed by atoms with Gasteiger partial charge >= 0.3 is 0 Å². The van der Waals surface area contributed by atoms with Gasteiger partial charge < -0.3 is 0 Å². The normalized spacial score (nSPS) is 28.3. The van der Waals surface area contributed by atoms with Gasteiger partial charge in [-0.25, -0.2) is 8.42 Å². The van der Waals surface area contributed by atoms with Crippen molar-refractivity contribution < 1.29 is 8.42 Å². The smallest absolute Gasteiger partial charge is 0.216 e. The standard InChI is InChI=1S/C16H33N3O2S/c1-13(2)9-17-10-15-11-18(22(20,21)14(3)4)7-8-19(15)16(5,6)12-17/h13-15H,7-12H2,1-6H3/t15-/m1/s1. The molecule has 0 N–H and O–H groups in total. The van der Waals surface area contributed by atoms with Crippen LogP contribution in [0.25, 0.3) is 0 Å². The molecule has 0 aromatic carbocycles. The Morgan fingerprint density at radius 1 is 1.09 bits per heavy atom. The molecule has 2 rings (SSSR count). The van der Waals surface area contributed by atoms with E-state index in [1.54, 1.807) is 18.2 Å². The molecule has 0 spiro atoms. The van der Waals surface area contributed by atoms with Crippen LogP contribution in [0.1, 0.15) is 41.5 Å². The maximum atomic E-state index is 12.5. The minimum absolute atomic E-state index is 0.117. The molecular weight excluding hydrogens is 298 g/mol. The number of fused-ring (bicyclic) bond motifs is 1. The molecule has 0 aliphatic carbocycles. The molecule has 5 nitrogen and oxygen atoms in total. The highest BCUT2D eigenvalue weighted by Crippen LogP contribution is 2.29. The van der Waals surface area contributed by atoms with E-state index >= 15 is 0 Å².